The summed E-state index contributed by atoms with van der Waals surface area (Å²) in [7, 11) is 1.44. The molecule has 0 heterocycles. The van der Waals surface area contributed by atoms with E-state index in [1.165, 1.54) is 7.11 Å². The van der Waals surface area contributed by atoms with Gasteiger partial charge in [-0.05, 0) is 0 Å². The summed E-state index contributed by atoms with van der Waals surface area (Å²) in [5.41, 5.74) is 0. The van der Waals surface area contributed by atoms with Gasteiger partial charge in [0.15, 0.2) is 5.78 Å². The fourth-order valence-electron chi connectivity index (χ4n) is 0.610. The molecule has 0 aliphatic heterocycles. The third kappa shape index (κ3) is 4.67. The summed E-state index contributed by atoms with van der Waals surface area (Å²) in [6.45, 7) is 3.60. The van der Waals surface area contributed by atoms with Gasteiger partial charge >= 0.3 is 0 Å². The monoisotopic (exact) mass is 158 g/mol. The molecule has 0 aliphatic carbocycles. The minimum absolute atomic E-state index is 0.00546. The number of methoxy groups -OCH3 is 1. The van der Waals surface area contributed by atoms with Crippen LogP contribution in [-0.4, -0.2) is 25.3 Å². The van der Waals surface area contributed by atoms with Crippen molar-refractivity contribution in [2.75, 3.05) is 13.7 Å². The van der Waals surface area contributed by atoms with E-state index in [4.69, 9.17) is 0 Å². The van der Waals surface area contributed by atoms with E-state index in [9.17, 15) is 9.59 Å². The van der Waals surface area contributed by atoms with Crippen LogP contribution in [0.5, 0.6) is 0 Å². The number of hydrogen-bond acceptors (Lipinski definition) is 3. The Morgan fingerprint density at radius 3 is 2.27 bits per heavy atom. The maximum Gasteiger partial charge on any atom is 0.165 e. The summed E-state index contributed by atoms with van der Waals surface area (Å²) >= 11 is 0. The number of ketones is 2. The third-order valence-electron chi connectivity index (χ3n) is 1.32. The van der Waals surface area contributed by atoms with Crippen molar-refractivity contribution >= 4 is 11.6 Å². The standard InChI is InChI=1S/C8H14O3/c1-6(2)8(10)4-7(9)5-11-3/h6H,4-5H2,1-3H3. The second-order valence-corrected chi connectivity index (χ2v) is 2.77. The number of rotatable bonds is 5. The number of carbonyl (C=O) groups excluding carboxylic acids is 2. The van der Waals surface area contributed by atoms with Crippen molar-refractivity contribution in [2.24, 2.45) is 5.92 Å². The summed E-state index contributed by atoms with van der Waals surface area (Å²) in [4.78, 5) is 21.8. The van der Waals surface area contributed by atoms with E-state index in [0.717, 1.165) is 0 Å². The highest BCUT2D eigenvalue weighted by atomic mass is 16.5. The molecular formula is C8H14O3. The van der Waals surface area contributed by atoms with Gasteiger partial charge in [0.25, 0.3) is 0 Å². The molecule has 0 aromatic heterocycles. The van der Waals surface area contributed by atoms with Crippen LogP contribution in [0.1, 0.15) is 20.3 Å². The molecule has 3 nitrogen and oxygen atoms in total. The van der Waals surface area contributed by atoms with Crippen LogP contribution in [0.25, 0.3) is 0 Å². The van der Waals surface area contributed by atoms with Crippen molar-refractivity contribution in [1.82, 2.24) is 0 Å². The lowest BCUT2D eigenvalue weighted by Gasteiger charge is -2.01. The van der Waals surface area contributed by atoms with E-state index in [1.807, 2.05) is 0 Å². The number of ether oxygens (including phenoxy) is 1. The van der Waals surface area contributed by atoms with Crippen molar-refractivity contribution in [1.29, 1.82) is 0 Å². The van der Waals surface area contributed by atoms with Crippen LogP contribution in [0.4, 0.5) is 0 Å². The van der Waals surface area contributed by atoms with E-state index < -0.39 is 0 Å². The Kier molecular flexibility index (Phi) is 4.70. The minimum Gasteiger partial charge on any atom is -0.377 e. The summed E-state index contributed by atoms with van der Waals surface area (Å²) in [5, 5.41) is 0. The van der Waals surface area contributed by atoms with Crippen LogP contribution < -0.4 is 0 Å². The van der Waals surface area contributed by atoms with Crippen molar-refractivity contribution in [2.45, 2.75) is 20.3 Å². The second kappa shape index (κ2) is 5.02. The zero-order chi connectivity index (χ0) is 8.85. The molecule has 0 aliphatic rings. The molecule has 0 spiro atoms. The predicted molar refractivity (Wildman–Crippen MR) is 41.3 cm³/mol. The number of hydrogen-bond donors (Lipinski definition) is 0. The van der Waals surface area contributed by atoms with Crippen molar-refractivity contribution in [3.63, 3.8) is 0 Å². The molecule has 0 atom stereocenters. The third-order valence-corrected chi connectivity index (χ3v) is 1.32. The first-order valence-corrected chi connectivity index (χ1v) is 3.61. The molecule has 3 heteroatoms. The molecule has 0 radical (unpaired) electrons. The first-order valence-electron chi connectivity index (χ1n) is 3.61. The zero-order valence-electron chi connectivity index (χ0n) is 7.22. The Morgan fingerprint density at radius 1 is 1.36 bits per heavy atom. The molecule has 0 unspecified atom stereocenters. The highest BCUT2D eigenvalue weighted by molar-refractivity contribution is 6.00. The van der Waals surface area contributed by atoms with E-state index in [0.29, 0.717) is 0 Å². The normalized spacial score (nSPS) is 10.2. The molecule has 0 aromatic rings. The van der Waals surface area contributed by atoms with Crippen LogP contribution in [0.15, 0.2) is 0 Å². The van der Waals surface area contributed by atoms with Gasteiger partial charge in [0.1, 0.15) is 12.4 Å². The lowest BCUT2D eigenvalue weighted by molar-refractivity contribution is -0.130. The topological polar surface area (TPSA) is 43.4 Å². The first-order chi connectivity index (χ1) is 5.07. The Bertz CT molecular complexity index is 149. The second-order valence-electron chi connectivity index (χ2n) is 2.77. The number of Topliss-reactive ketones (excluding diaryl/α,β-unsaturated/α-hetero) is 2. The maximum absolute atomic E-state index is 11.0. The predicted octanol–water partition coefficient (Wildman–Crippen LogP) is 0.817. The maximum atomic E-state index is 11.0. The fourth-order valence-corrected chi connectivity index (χ4v) is 0.610. The van der Waals surface area contributed by atoms with Gasteiger partial charge in [0.2, 0.25) is 0 Å². The SMILES string of the molecule is COCC(=O)CC(=O)C(C)C. The van der Waals surface area contributed by atoms with Gasteiger partial charge in [-0.2, -0.15) is 0 Å². The Balaban J connectivity index is 3.67. The van der Waals surface area contributed by atoms with Gasteiger partial charge in [-0.15, -0.1) is 0 Å². The van der Waals surface area contributed by atoms with E-state index in [2.05, 4.69) is 4.74 Å². The lowest BCUT2D eigenvalue weighted by Crippen LogP contribution is -2.16. The summed E-state index contributed by atoms with van der Waals surface area (Å²) < 4.78 is 4.58. The van der Waals surface area contributed by atoms with Crippen molar-refractivity contribution < 1.29 is 14.3 Å². The van der Waals surface area contributed by atoms with E-state index in [-0.39, 0.29) is 30.5 Å². The molecule has 0 N–H and O–H groups in total. The molecule has 0 saturated carbocycles. The molecule has 0 bridgehead atoms. The van der Waals surface area contributed by atoms with Crippen LogP contribution in [0.2, 0.25) is 0 Å². The summed E-state index contributed by atoms with van der Waals surface area (Å²) in [5.74, 6) is -0.228. The van der Waals surface area contributed by atoms with E-state index >= 15 is 0 Å². The van der Waals surface area contributed by atoms with E-state index in [1.54, 1.807) is 13.8 Å². The highest BCUT2D eigenvalue weighted by Crippen LogP contribution is 1.99. The summed E-state index contributed by atoms with van der Waals surface area (Å²) in [6, 6.07) is 0. The lowest BCUT2D eigenvalue weighted by atomic mass is 10.0. The molecule has 0 aromatic carbocycles. The number of carbonyl (C=O) groups is 2. The Labute approximate surface area is 66.7 Å². The van der Waals surface area contributed by atoms with Crippen LogP contribution in [0.3, 0.4) is 0 Å². The van der Waals surface area contributed by atoms with Gasteiger partial charge in [0.05, 0.1) is 6.42 Å². The molecule has 0 amide bonds. The zero-order valence-corrected chi connectivity index (χ0v) is 7.22. The molecule has 64 valence electrons. The van der Waals surface area contributed by atoms with Gasteiger partial charge in [-0.3, -0.25) is 9.59 Å². The minimum atomic E-state index is -0.147. The largest absolute Gasteiger partial charge is 0.377 e. The summed E-state index contributed by atoms with van der Waals surface area (Å²) in [6.07, 6.45) is 0.00546. The van der Waals surface area contributed by atoms with Crippen LogP contribution in [0, 0.1) is 5.92 Å². The molecular weight excluding hydrogens is 144 g/mol. The fraction of sp³-hybridized carbons (Fsp3) is 0.750. The van der Waals surface area contributed by atoms with Crippen LogP contribution >= 0.6 is 0 Å². The Hall–Kier alpha value is -0.700. The average molecular weight is 158 g/mol. The quantitative estimate of drug-likeness (QED) is 0.556. The molecule has 11 heavy (non-hydrogen) atoms. The van der Waals surface area contributed by atoms with Crippen molar-refractivity contribution in [3.8, 4) is 0 Å². The molecule has 0 saturated heterocycles. The first kappa shape index (κ1) is 10.3. The van der Waals surface area contributed by atoms with Gasteiger partial charge in [-0.1, -0.05) is 13.8 Å². The average Bonchev–Trinajstić information content (AvgIpc) is 1.87. The molecule has 0 fully saturated rings. The van der Waals surface area contributed by atoms with Crippen LogP contribution in [-0.2, 0) is 14.3 Å². The smallest absolute Gasteiger partial charge is 0.165 e. The highest BCUT2D eigenvalue weighted by Gasteiger charge is 2.11. The van der Waals surface area contributed by atoms with Gasteiger partial charge in [0, 0.05) is 13.0 Å². The molecule has 0 rings (SSSR count). The Morgan fingerprint density at radius 2 is 1.91 bits per heavy atom. The van der Waals surface area contributed by atoms with Gasteiger partial charge in [-0.25, -0.2) is 0 Å². The van der Waals surface area contributed by atoms with Gasteiger partial charge < -0.3 is 4.74 Å². The van der Waals surface area contributed by atoms with Crippen molar-refractivity contribution in [3.05, 3.63) is 0 Å².